The highest BCUT2D eigenvalue weighted by molar-refractivity contribution is 5.82. The van der Waals surface area contributed by atoms with Gasteiger partial charge in [0.15, 0.2) is 6.10 Å². The standard InChI is InChI=1S/C24H21NO6/c1-15-23(31-17-7-4-3-5-8-17)22(26)20-11-10-18(13-21(20)30-15)29-16(2)24(27)25-14-19-9-6-12-28-19/h3-13,16H,14H2,1-2H3,(H,25,27)/t16-/m0/s1. The molecule has 1 amide bonds. The van der Waals surface area contributed by atoms with Gasteiger partial charge in [-0.15, -0.1) is 0 Å². The van der Waals surface area contributed by atoms with E-state index in [4.69, 9.17) is 18.3 Å². The summed E-state index contributed by atoms with van der Waals surface area (Å²) in [5.74, 6) is 1.80. The summed E-state index contributed by atoms with van der Waals surface area (Å²) in [6, 6.07) is 17.4. The molecule has 0 aliphatic rings. The quantitative estimate of drug-likeness (QED) is 0.472. The second-order valence-corrected chi connectivity index (χ2v) is 6.95. The Kier molecular flexibility index (Phi) is 5.75. The Morgan fingerprint density at radius 2 is 1.87 bits per heavy atom. The molecule has 158 valence electrons. The first kappa shape index (κ1) is 20.3. The van der Waals surface area contributed by atoms with Crippen LogP contribution in [-0.4, -0.2) is 12.0 Å². The number of fused-ring (bicyclic) bond motifs is 1. The fourth-order valence-corrected chi connectivity index (χ4v) is 3.05. The highest BCUT2D eigenvalue weighted by Crippen LogP contribution is 2.27. The number of carbonyl (C=O) groups excluding carboxylic acids is 1. The fourth-order valence-electron chi connectivity index (χ4n) is 3.05. The third-order valence-electron chi connectivity index (χ3n) is 4.65. The minimum absolute atomic E-state index is 0.137. The molecular weight excluding hydrogens is 398 g/mol. The van der Waals surface area contributed by atoms with E-state index in [2.05, 4.69) is 5.32 Å². The molecule has 0 radical (unpaired) electrons. The smallest absolute Gasteiger partial charge is 0.261 e. The summed E-state index contributed by atoms with van der Waals surface area (Å²) in [6.07, 6.45) is 0.795. The molecule has 0 spiro atoms. The van der Waals surface area contributed by atoms with Crippen molar-refractivity contribution in [1.82, 2.24) is 5.32 Å². The van der Waals surface area contributed by atoms with E-state index in [1.54, 1.807) is 62.6 Å². The summed E-state index contributed by atoms with van der Waals surface area (Å²) in [7, 11) is 0. The topological polar surface area (TPSA) is 90.9 Å². The van der Waals surface area contributed by atoms with E-state index in [1.807, 2.05) is 18.2 Å². The summed E-state index contributed by atoms with van der Waals surface area (Å²) in [5.41, 5.74) is 0.0713. The molecule has 0 unspecified atom stereocenters. The number of ether oxygens (including phenoxy) is 2. The molecule has 7 nitrogen and oxygen atoms in total. The first-order chi connectivity index (χ1) is 15.0. The maximum atomic E-state index is 12.9. The molecule has 1 N–H and O–H groups in total. The fraction of sp³-hybridized carbons (Fsp3) is 0.167. The number of rotatable bonds is 7. The van der Waals surface area contributed by atoms with E-state index in [-0.39, 0.29) is 23.6 Å². The molecular formula is C24H21NO6. The molecule has 0 fully saturated rings. The summed E-state index contributed by atoms with van der Waals surface area (Å²) >= 11 is 0. The predicted octanol–water partition coefficient (Wildman–Crippen LogP) is 4.57. The Morgan fingerprint density at radius 1 is 1.06 bits per heavy atom. The molecule has 31 heavy (non-hydrogen) atoms. The molecule has 0 bridgehead atoms. The summed E-state index contributed by atoms with van der Waals surface area (Å²) in [6.45, 7) is 3.58. The Balaban J connectivity index is 1.50. The number of carbonyl (C=O) groups is 1. The van der Waals surface area contributed by atoms with E-state index >= 15 is 0 Å². The van der Waals surface area contributed by atoms with Crippen LogP contribution in [0.25, 0.3) is 11.0 Å². The van der Waals surface area contributed by atoms with E-state index in [1.165, 1.54) is 0 Å². The summed E-state index contributed by atoms with van der Waals surface area (Å²) in [5, 5.41) is 3.10. The number of nitrogens with one attached hydrogen (secondary N) is 1. The molecule has 2 aromatic heterocycles. The van der Waals surface area contributed by atoms with Crippen molar-refractivity contribution in [2.45, 2.75) is 26.5 Å². The minimum Gasteiger partial charge on any atom is -0.481 e. The maximum Gasteiger partial charge on any atom is 0.261 e. The van der Waals surface area contributed by atoms with Crippen LogP contribution in [-0.2, 0) is 11.3 Å². The third-order valence-corrected chi connectivity index (χ3v) is 4.65. The number of hydrogen-bond acceptors (Lipinski definition) is 6. The van der Waals surface area contributed by atoms with Crippen LogP contribution in [0.15, 0.2) is 80.6 Å². The van der Waals surface area contributed by atoms with Gasteiger partial charge in [0.25, 0.3) is 5.91 Å². The van der Waals surface area contributed by atoms with Gasteiger partial charge in [0.2, 0.25) is 11.2 Å². The maximum absolute atomic E-state index is 12.9. The zero-order valence-corrected chi connectivity index (χ0v) is 17.1. The lowest BCUT2D eigenvalue weighted by atomic mass is 10.2. The van der Waals surface area contributed by atoms with Gasteiger partial charge >= 0.3 is 0 Å². The molecule has 0 aliphatic heterocycles. The Labute approximate surface area is 178 Å². The van der Waals surface area contributed by atoms with Crippen molar-refractivity contribution in [3.05, 3.63) is 88.7 Å². The van der Waals surface area contributed by atoms with E-state index in [0.717, 1.165) is 0 Å². The van der Waals surface area contributed by atoms with Crippen LogP contribution >= 0.6 is 0 Å². The van der Waals surface area contributed by atoms with Gasteiger partial charge in [-0.2, -0.15) is 0 Å². The first-order valence-electron chi connectivity index (χ1n) is 9.78. The Bertz CT molecular complexity index is 1240. The average molecular weight is 419 g/mol. The highest BCUT2D eigenvalue weighted by Gasteiger charge is 2.18. The van der Waals surface area contributed by atoms with Crippen molar-refractivity contribution in [1.29, 1.82) is 0 Å². The Morgan fingerprint density at radius 3 is 2.61 bits per heavy atom. The van der Waals surface area contributed by atoms with Crippen LogP contribution < -0.4 is 20.2 Å². The van der Waals surface area contributed by atoms with Gasteiger partial charge in [0.1, 0.15) is 28.6 Å². The van der Waals surface area contributed by atoms with Crippen LogP contribution in [0.5, 0.6) is 17.2 Å². The van der Waals surface area contributed by atoms with Gasteiger partial charge < -0.3 is 23.6 Å². The van der Waals surface area contributed by atoms with Gasteiger partial charge in [-0.25, -0.2) is 0 Å². The Hall–Kier alpha value is -4.00. The zero-order chi connectivity index (χ0) is 21.8. The van der Waals surface area contributed by atoms with Crippen molar-refractivity contribution in [2.24, 2.45) is 0 Å². The van der Waals surface area contributed by atoms with Gasteiger partial charge in [-0.3, -0.25) is 9.59 Å². The van der Waals surface area contributed by atoms with Crippen molar-refractivity contribution in [3.8, 4) is 17.2 Å². The van der Waals surface area contributed by atoms with Crippen molar-refractivity contribution in [3.63, 3.8) is 0 Å². The normalized spacial score (nSPS) is 11.8. The first-order valence-corrected chi connectivity index (χ1v) is 9.78. The minimum atomic E-state index is -0.749. The largest absolute Gasteiger partial charge is 0.481 e. The van der Waals surface area contributed by atoms with E-state index < -0.39 is 6.10 Å². The molecule has 0 aliphatic carbocycles. The average Bonchev–Trinajstić information content (AvgIpc) is 3.29. The monoisotopic (exact) mass is 419 g/mol. The van der Waals surface area contributed by atoms with Crippen LogP contribution in [0.2, 0.25) is 0 Å². The lowest BCUT2D eigenvalue weighted by Gasteiger charge is -2.15. The number of para-hydroxylation sites is 1. The van der Waals surface area contributed by atoms with Crippen LogP contribution in [0, 0.1) is 6.92 Å². The number of aryl methyl sites for hydroxylation is 1. The van der Waals surface area contributed by atoms with Gasteiger partial charge in [-0.1, -0.05) is 18.2 Å². The van der Waals surface area contributed by atoms with Gasteiger partial charge in [0.05, 0.1) is 18.2 Å². The zero-order valence-electron chi connectivity index (χ0n) is 17.1. The van der Waals surface area contributed by atoms with Gasteiger partial charge in [0, 0.05) is 6.07 Å². The summed E-state index contributed by atoms with van der Waals surface area (Å²) in [4.78, 5) is 25.2. The SMILES string of the molecule is Cc1oc2cc(O[C@@H](C)C(=O)NCc3ccco3)ccc2c(=O)c1Oc1ccccc1. The molecule has 1 atom stereocenters. The molecule has 4 aromatic rings. The molecule has 4 rings (SSSR count). The molecule has 0 saturated carbocycles. The molecule has 2 heterocycles. The number of amides is 1. The van der Waals surface area contributed by atoms with Crippen LogP contribution in [0.1, 0.15) is 18.4 Å². The number of furan rings is 1. The third kappa shape index (κ3) is 4.61. The molecule has 7 heteroatoms. The number of hydrogen-bond donors (Lipinski definition) is 1. The lowest BCUT2D eigenvalue weighted by molar-refractivity contribution is -0.127. The van der Waals surface area contributed by atoms with E-state index in [9.17, 15) is 9.59 Å². The predicted molar refractivity (Wildman–Crippen MR) is 114 cm³/mol. The summed E-state index contributed by atoms with van der Waals surface area (Å²) < 4.78 is 22.5. The second kappa shape index (κ2) is 8.79. The number of benzene rings is 2. The lowest BCUT2D eigenvalue weighted by Crippen LogP contribution is -2.35. The van der Waals surface area contributed by atoms with Crippen molar-refractivity contribution < 1.29 is 23.1 Å². The van der Waals surface area contributed by atoms with E-state index in [0.29, 0.717) is 34.0 Å². The van der Waals surface area contributed by atoms with Crippen molar-refractivity contribution in [2.75, 3.05) is 0 Å². The van der Waals surface area contributed by atoms with Crippen LogP contribution in [0.4, 0.5) is 0 Å². The van der Waals surface area contributed by atoms with Crippen molar-refractivity contribution >= 4 is 16.9 Å². The van der Waals surface area contributed by atoms with Crippen LogP contribution in [0.3, 0.4) is 0 Å². The second-order valence-electron chi connectivity index (χ2n) is 6.95. The van der Waals surface area contributed by atoms with Gasteiger partial charge in [-0.05, 0) is 50.2 Å². The molecule has 0 saturated heterocycles. The highest BCUT2D eigenvalue weighted by atomic mass is 16.5. The molecule has 2 aromatic carbocycles.